The number of methoxy groups -OCH3 is 1. The van der Waals surface area contributed by atoms with Gasteiger partial charge in [-0.25, -0.2) is 0 Å². The fourth-order valence-corrected chi connectivity index (χ4v) is 2.64. The van der Waals surface area contributed by atoms with Gasteiger partial charge in [0.25, 0.3) is 11.5 Å². The number of rotatable bonds is 7. The van der Waals surface area contributed by atoms with Gasteiger partial charge in [-0.1, -0.05) is 31.2 Å². The Morgan fingerprint density at radius 2 is 1.68 bits per heavy atom. The maximum Gasteiger partial charge on any atom is 0.295 e. The molecule has 0 fully saturated rings. The largest absolute Gasteiger partial charge is 0.497 e. The lowest BCUT2D eigenvalue weighted by atomic mass is 10.1. The molecule has 0 bridgehead atoms. The molecule has 1 heterocycles. The van der Waals surface area contributed by atoms with Crippen molar-refractivity contribution in [3.05, 3.63) is 93.9 Å². The quantitative estimate of drug-likeness (QED) is 0.685. The molecule has 0 unspecified atom stereocenters. The molecule has 1 aromatic heterocycles. The number of ether oxygens (including phenoxy) is 1. The van der Waals surface area contributed by atoms with Crippen LogP contribution in [0, 0.1) is 0 Å². The van der Waals surface area contributed by atoms with Gasteiger partial charge in [-0.15, -0.1) is 0 Å². The highest BCUT2D eigenvalue weighted by Crippen LogP contribution is 2.15. The van der Waals surface area contributed by atoms with E-state index in [9.17, 15) is 9.59 Å². The first kappa shape index (κ1) is 19.2. The molecule has 6 heteroatoms. The van der Waals surface area contributed by atoms with Crippen molar-refractivity contribution in [2.45, 2.75) is 20.0 Å². The van der Waals surface area contributed by atoms with E-state index in [1.807, 2.05) is 24.3 Å². The van der Waals surface area contributed by atoms with Crippen LogP contribution in [0.25, 0.3) is 0 Å². The Labute approximate surface area is 163 Å². The van der Waals surface area contributed by atoms with E-state index >= 15 is 0 Å². The van der Waals surface area contributed by atoms with Gasteiger partial charge in [-0.2, -0.15) is 4.73 Å². The molecule has 144 valence electrons. The standard InChI is InChI=1S/C22H22N2O4/c1-3-16-6-8-17(9-7-16)15-28-24-14-4-5-20(22(24)26)21(25)23-18-10-12-19(27-2)13-11-18/h4-14H,3,15H2,1-2H3,(H,23,25). The van der Waals surface area contributed by atoms with E-state index in [1.165, 1.54) is 17.8 Å². The van der Waals surface area contributed by atoms with Crippen LogP contribution in [0.4, 0.5) is 5.69 Å². The number of benzene rings is 2. The molecule has 28 heavy (non-hydrogen) atoms. The van der Waals surface area contributed by atoms with Crippen LogP contribution >= 0.6 is 0 Å². The number of anilines is 1. The van der Waals surface area contributed by atoms with Gasteiger partial charge in [0.05, 0.1) is 7.11 Å². The number of nitrogens with zero attached hydrogens (tertiary/aromatic N) is 1. The molecule has 0 aliphatic rings. The van der Waals surface area contributed by atoms with Crippen LogP contribution < -0.4 is 20.5 Å². The second-order valence-corrected chi connectivity index (χ2v) is 6.18. The zero-order valence-corrected chi connectivity index (χ0v) is 15.8. The van der Waals surface area contributed by atoms with E-state index in [2.05, 4.69) is 12.2 Å². The lowest BCUT2D eigenvalue weighted by molar-refractivity contribution is 0.0863. The summed E-state index contributed by atoms with van der Waals surface area (Å²) < 4.78 is 6.17. The van der Waals surface area contributed by atoms with Crippen LogP contribution in [0.1, 0.15) is 28.4 Å². The molecule has 3 rings (SSSR count). The fourth-order valence-electron chi connectivity index (χ4n) is 2.64. The first-order chi connectivity index (χ1) is 13.6. The van der Waals surface area contributed by atoms with Crippen molar-refractivity contribution in [2.24, 2.45) is 0 Å². The third-order valence-electron chi connectivity index (χ3n) is 4.31. The maximum absolute atomic E-state index is 12.6. The molecule has 0 radical (unpaired) electrons. The number of hydrogen-bond donors (Lipinski definition) is 1. The molecule has 3 aromatic rings. The zero-order valence-electron chi connectivity index (χ0n) is 15.8. The van der Waals surface area contributed by atoms with Gasteiger partial charge in [0, 0.05) is 11.9 Å². The van der Waals surface area contributed by atoms with Gasteiger partial charge in [0.15, 0.2) is 0 Å². The number of hydrogen-bond acceptors (Lipinski definition) is 4. The number of amides is 1. The number of pyridine rings is 1. The van der Waals surface area contributed by atoms with Gasteiger partial charge >= 0.3 is 0 Å². The summed E-state index contributed by atoms with van der Waals surface area (Å²) in [4.78, 5) is 30.6. The summed E-state index contributed by atoms with van der Waals surface area (Å²) in [6.45, 7) is 2.32. The summed E-state index contributed by atoms with van der Waals surface area (Å²) in [7, 11) is 1.57. The van der Waals surface area contributed by atoms with Crippen LogP contribution in [0.2, 0.25) is 0 Å². The van der Waals surface area contributed by atoms with E-state index in [-0.39, 0.29) is 12.2 Å². The maximum atomic E-state index is 12.6. The summed E-state index contributed by atoms with van der Waals surface area (Å²) in [6, 6.07) is 17.9. The van der Waals surface area contributed by atoms with Gasteiger partial charge in [0.2, 0.25) is 0 Å². The Hall–Kier alpha value is -3.54. The van der Waals surface area contributed by atoms with Gasteiger partial charge < -0.3 is 14.9 Å². The van der Waals surface area contributed by atoms with Gasteiger partial charge in [-0.3, -0.25) is 9.59 Å². The molecule has 0 saturated heterocycles. The smallest absolute Gasteiger partial charge is 0.295 e. The fraction of sp³-hybridized carbons (Fsp3) is 0.182. The predicted molar refractivity (Wildman–Crippen MR) is 108 cm³/mol. The van der Waals surface area contributed by atoms with Crippen LogP contribution in [0.3, 0.4) is 0 Å². The van der Waals surface area contributed by atoms with Crippen molar-refractivity contribution < 1.29 is 14.4 Å². The summed E-state index contributed by atoms with van der Waals surface area (Å²) in [5.74, 6) is 0.181. The van der Waals surface area contributed by atoms with Crippen LogP contribution in [0.15, 0.2) is 71.7 Å². The van der Waals surface area contributed by atoms with Gasteiger partial charge in [-0.05, 0) is 53.9 Å². The second kappa shape index (κ2) is 8.90. The number of aromatic nitrogens is 1. The monoisotopic (exact) mass is 378 g/mol. The SMILES string of the molecule is CCc1ccc(COn2cccc(C(=O)Nc3ccc(OC)cc3)c2=O)cc1. The van der Waals surface area contributed by atoms with Crippen LogP contribution in [-0.4, -0.2) is 17.7 Å². The lowest BCUT2D eigenvalue weighted by Gasteiger charge is -2.11. The molecular formula is C22H22N2O4. The molecule has 1 amide bonds. The Kier molecular flexibility index (Phi) is 6.11. The Morgan fingerprint density at radius 3 is 2.32 bits per heavy atom. The van der Waals surface area contributed by atoms with Crippen molar-refractivity contribution in [1.82, 2.24) is 4.73 Å². The first-order valence-corrected chi connectivity index (χ1v) is 8.99. The average molecular weight is 378 g/mol. The topological polar surface area (TPSA) is 69.6 Å². The van der Waals surface area contributed by atoms with E-state index in [0.717, 1.165) is 16.7 Å². The summed E-state index contributed by atoms with van der Waals surface area (Å²) in [5.41, 5.74) is 2.23. The molecule has 0 spiro atoms. The Morgan fingerprint density at radius 1 is 1.00 bits per heavy atom. The van der Waals surface area contributed by atoms with E-state index in [4.69, 9.17) is 9.57 Å². The molecule has 0 aliphatic carbocycles. The summed E-state index contributed by atoms with van der Waals surface area (Å²) in [6.07, 6.45) is 2.46. The normalized spacial score (nSPS) is 10.4. The second-order valence-electron chi connectivity index (χ2n) is 6.18. The van der Waals surface area contributed by atoms with Crippen molar-refractivity contribution in [3.8, 4) is 5.75 Å². The predicted octanol–water partition coefficient (Wildman–Crippen LogP) is 3.30. The van der Waals surface area contributed by atoms with E-state index in [0.29, 0.717) is 11.4 Å². The molecule has 0 atom stereocenters. The van der Waals surface area contributed by atoms with Crippen molar-refractivity contribution >= 4 is 11.6 Å². The highest BCUT2D eigenvalue weighted by Gasteiger charge is 2.13. The Bertz CT molecular complexity index is 992. The summed E-state index contributed by atoms with van der Waals surface area (Å²) >= 11 is 0. The van der Waals surface area contributed by atoms with E-state index in [1.54, 1.807) is 37.4 Å². The third kappa shape index (κ3) is 4.59. The minimum atomic E-state index is -0.515. The summed E-state index contributed by atoms with van der Waals surface area (Å²) in [5, 5.41) is 2.70. The Balaban J connectivity index is 1.70. The number of carbonyl (C=O) groups excluding carboxylic acids is 1. The highest BCUT2D eigenvalue weighted by atomic mass is 16.7. The number of carbonyl (C=O) groups is 1. The molecule has 6 nitrogen and oxygen atoms in total. The van der Waals surface area contributed by atoms with E-state index < -0.39 is 11.5 Å². The van der Waals surface area contributed by atoms with Gasteiger partial charge in [0.1, 0.15) is 17.9 Å². The molecule has 2 aromatic carbocycles. The minimum absolute atomic E-state index is 0.000325. The van der Waals surface area contributed by atoms with Crippen molar-refractivity contribution in [2.75, 3.05) is 12.4 Å². The highest BCUT2D eigenvalue weighted by molar-refractivity contribution is 6.03. The molecule has 1 N–H and O–H groups in total. The van der Waals surface area contributed by atoms with Crippen LogP contribution in [0.5, 0.6) is 5.75 Å². The number of aryl methyl sites for hydroxylation is 1. The average Bonchev–Trinajstić information content (AvgIpc) is 2.74. The molecule has 0 saturated carbocycles. The zero-order chi connectivity index (χ0) is 19.9. The van der Waals surface area contributed by atoms with Crippen molar-refractivity contribution in [1.29, 1.82) is 0 Å². The number of nitrogens with one attached hydrogen (secondary N) is 1. The molecule has 0 aliphatic heterocycles. The lowest BCUT2D eigenvalue weighted by Crippen LogP contribution is -2.32. The first-order valence-electron chi connectivity index (χ1n) is 8.99. The minimum Gasteiger partial charge on any atom is -0.497 e. The third-order valence-corrected chi connectivity index (χ3v) is 4.31. The van der Waals surface area contributed by atoms with Crippen LogP contribution in [-0.2, 0) is 13.0 Å². The van der Waals surface area contributed by atoms with Crippen molar-refractivity contribution in [3.63, 3.8) is 0 Å². The molecular weight excluding hydrogens is 356 g/mol.